The Morgan fingerprint density at radius 2 is 1.43 bits per heavy atom. The van der Waals surface area contributed by atoms with Gasteiger partial charge in [-0.1, -0.05) is 6.92 Å². The Labute approximate surface area is 80.0 Å². The van der Waals surface area contributed by atoms with E-state index in [0.29, 0.717) is 0 Å². The largest absolute Gasteiger partial charge is 0.479 e. The molecule has 0 aromatic carbocycles. The van der Waals surface area contributed by atoms with Crippen molar-refractivity contribution in [3.8, 4) is 0 Å². The average molecular weight is 248 g/mol. The van der Waals surface area contributed by atoms with E-state index in [1.807, 2.05) is 0 Å². The molecule has 0 radical (unpaired) electrons. The van der Waals surface area contributed by atoms with Gasteiger partial charge in [-0.2, -0.15) is 16.8 Å². The van der Waals surface area contributed by atoms with Crippen LogP contribution in [0.2, 0.25) is 0 Å². The van der Waals surface area contributed by atoms with Gasteiger partial charge < -0.3 is 5.11 Å². The van der Waals surface area contributed by atoms with Crippen LogP contribution in [0.5, 0.6) is 0 Å². The van der Waals surface area contributed by atoms with E-state index in [9.17, 15) is 21.6 Å². The monoisotopic (exact) mass is 248 g/mol. The van der Waals surface area contributed by atoms with E-state index in [0.717, 1.165) is 6.92 Å². The lowest BCUT2D eigenvalue weighted by molar-refractivity contribution is -0.138. The van der Waals surface area contributed by atoms with Gasteiger partial charge in [0.05, 0.1) is 0 Å². The maximum Gasteiger partial charge on any atom is 0.346 e. The molecule has 0 saturated carbocycles. The molecule has 0 bridgehead atoms. The lowest BCUT2D eigenvalue weighted by Gasteiger charge is -2.20. The molecule has 0 saturated heterocycles. The van der Waals surface area contributed by atoms with Gasteiger partial charge in [-0.05, 0) is 6.42 Å². The van der Waals surface area contributed by atoms with Crippen LogP contribution in [0.3, 0.4) is 0 Å². The molecule has 0 atom stereocenters. The van der Waals surface area contributed by atoms with Crippen molar-refractivity contribution < 1.29 is 35.8 Å². The molecule has 0 spiro atoms. The summed E-state index contributed by atoms with van der Waals surface area (Å²) < 4.78 is 55.8. The normalized spacial score (nSPS) is 13.9. The minimum Gasteiger partial charge on any atom is -0.479 e. The standard InChI is InChI=1S/C4H8O8S2/c1-2-4(3(5)6,13(7,8)9)14(10,11)12/h2H2,1H3,(H,5,6)(H,7,8,9)(H,10,11,12). The Morgan fingerprint density at radius 1 is 1.14 bits per heavy atom. The molecule has 0 aromatic heterocycles. The van der Waals surface area contributed by atoms with Crippen LogP contribution in [0.4, 0.5) is 0 Å². The van der Waals surface area contributed by atoms with Gasteiger partial charge in [-0.25, -0.2) is 4.79 Å². The first-order valence-electron chi connectivity index (χ1n) is 3.18. The van der Waals surface area contributed by atoms with Crippen LogP contribution < -0.4 is 0 Å². The molecule has 0 unspecified atom stereocenters. The quantitative estimate of drug-likeness (QED) is 0.534. The molecule has 0 aliphatic heterocycles. The second-order valence-electron chi connectivity index (χ2n) is 2.36. The fraction of sp³-hybridized carbons (Fsp3) is 0.750. The maximum atomic E-state index is 10.6. The zero-order valence-electron chi connectivity index (χ0n) is 6.91. The van der Waals surface area contributed by atoms with Gasteiger partial charge in [0, 0.05) is 0 Å². The summed E-state index contributed by atoms with van der Waals surface area (Å²) in [5, 5.41) is 8.42. The highest BCUT2D eigenvalue weighted by Crippen LogP contribution is 2.27. The SMILES string of the molecule is CCC(C(=O)O)(S(=O)(=O)O)S(=O)(=O)O. The zero-order chi connectivity index (χ0) is 11.8. The molecule has 0 aromatic rings. The third-order valence-electron chi connectivity index (χ3n) is 1.62. The molecule has 0 amide bonds. The summed E-state index contributed by atoms with van der Waals surface area (Å²) in [4.78, 5) is 10.5. The molecule has 84 valence electrons. The molecular weight excluding hydrogens is 240 g/mol. The minimum atomic E-state index is -5.47. The Balaban J connectivity index is 6.14. The van der Waals surface area contributed by atoms with Crippen molar-refractivity contribution >= 4 is 26.2 Å². The molecule has 0 aliphatic rings. The van der Waals surface area contributed by atoms with Gasteiger partial charge in [-0.15, -0.1) is 0 Å². The minimum absolute atomic E-state index is 0.885. The summed E-state index contributed by atoms with van der Waals surface area (Å²) in [6.45, 7) is 0.885. The molecule has 0 fully saturated rings. The highest BCUT2D eigenvalue weighted by Gasteiger charge is 2.60. The zero-order valence-corrected chi connectivity index (χ0v) is 8.54. The second-order valence-corrected chi connectivity index (χ2v) is 5.91. The Morgan fingerprint density at radius 3 is 1.43 bits per heavy atom. The second kappa shape index (κ2) is 3.46. The third-order valence-corrected chi connectivity index (χ3v) is 5.48. The van der Waals surface area contributed by atoms with Crippen LogP contribution in [-0.2, 0) is 25.0 Å². The van der Waals surface area contributed by atoms with Crippen molar-refractivity contribution in [1.29, 1.82) is 0 Å². The summed E-state index contributed by atoms with van der Waals surface area (Å²) in [5.74, 6) is -2.36. The van der Waals surface area contributed by atoms with E-state index >= 15 is 0 Å². The van der Waals surface area contributed by atoms with Crippen molar-refractivity contribution in [2.75, 3.05) is 0 Å². The lowest BCUT2D eigenvalue weighted by Crippen LogP contribution is -2.52. The number of hydrogen-bond acceptors (Lipinski definition) is 5. The fourth-order valence-electron chi connectivity index (χ4n) is 0.870. The van der Waals surface area contributed by atoms with Crippen molar-refractivity contribution in [3.63, 3.8) is 0 Å². The fourth-order valence-corrected chi connectivity index (χ4v) is 3.11. The number of carbonyl (C=O) groups is 1. The lowest BCUT2D eigenvalue weighted by atomic mass is 10.3. The first-order chi connectivity index (χ1) is 6.00. The Kier molecular flexibility index (Phi) is 3.28. The molecule has 0 heterocycles. The van der Waals surface area contributed by atoms with Crippen molar-refractivity contribution in [2.45, 2.75) is 17.4 Å². The highest BCUT2D eigenvalue weighted by atomic mass is 32.3. The molecule has 0 rings (SSSR count). The van der Waals surface area contributed by atoms with Crippen LogP contribution in [-0.4, -0.2) is 41.1 Å². The Hall–Kier alpha value is -0.710. The highest BCUT2D eigenvalue weighted by molar-refractivity contribution is 8.06. The summed E-state index contributed by atoms with van der Waals surface area (Å²) in [6, 6.07) is 0. The van der Waals surface area contributed by atoms with Crippen molar-refractivity contribution in [1.82, 2.24) is 0 Å². The van der Waals surface area contributed by atoms with Gasteiger partial charge in [0.1, 0.15) is 0 Å². The van der Waals surface area contributed by atoms with E-state index in [1.54, 1.807) is 0 Å². The Bertz CT molecular complexity index is 396. The number of aliphatic carboxylic acids is 1. The van der Waals surface area contributed by atoms with Crippen LogP contribution >= 0.6 is 0 Å². The third kappa shape index (κ3) is 1.73. The van der Waals surface area contributed by atoms with Crippen molar-refractivity contribution in [3.05, 3.63) is 0 Å². The van der Waals surface area contributed by atoms with Crippen LogP contribution in [0.25, 0.3) is 0 Å². The molecule has 10 heteroatoms. The number of carboxylic acids is 1. The van der Waals surface area contributed by atoms with E-state index in [-0.39, 0.29) is 0 Å². The van der Waals surface area contributed by atoms with Gasteiger partial charge in [0.25, 0.3) is 20.2 Å². The van der Waals surface area contributed by atoms with E-state index in [4.69, 9.17) is 14.2 Å². The van der Waals surface area contributed by atoms with Crippen LogP contribution in [0, 0.1) is 0 Å². The molecule has 0 aliphatic carbocycles. The topological polar surface area (TPSA) is 146 Å². The van der Waals surface area contributed by atoms with E-state index in [2.05, 4.69) is 0 Å². The average Bonchev–Trinajstić information content (AvgIpc) is 1.80. The van der Waals surface area contributed by atoms with Crippen LogP contribution in [0.15, 0.2) is 0 Å². The van der Waals surface area contributed by atoms with Gasteiger partial charge in [-0.3, -0.25) is 9.11 Å². The summed E-state index contributed by atoms with van der Waals surface area (Å²) >= 11 is 0. The summed E-state index contributed by atoms with van der Waals surface area (Å²) in [5.41, 5.74) is 0. The summed E-state index contributed by atoms with van der Waals surface area (Å²) in [7, 11) is -10.9. The first kappa shape index (κ1) is 13.3. The van der Waals surface area contributed by atoms with Crippen LogP contribution in [0.1, 0.15) is 13.3 Å². The van der Waals surface area contributed by atoms with Crippen molar-refractivity contribution in [2.24, 2.45) is 0 Å². The van der Waals surface area contributed by atoms with E-state index in [1.165, 1.54) is 0 Å². The molecule has 3 N–H and O–H groups in total. The number of rotatable bonds is 4. The van der Waals surface area contributed by atoms with Gasteiger partial charge in [0.2, 0.25) is 0 Å². The smallest absolute Gasteiger partial charge is 0.346 e. The molecule has 8 nitrogen and oxygen atoms in total. The van der Waals surface area contributed by atoms with E-state index < -0.39 is 36.7 Å². The summed E-state index contributed by atoms with van der Waals surface area (Å²) in [6.07, 6.45) is -1.01. The molecular formula is C4H8O8S2. The first-order valence-corrected chi connectivity index (χ1v) is 6.06. The predicted molar refractivity (Wildman–Crippen MR) is 43.8 cm³/mol. The maximum absolute atomic E-state index is 10.6. The molecule has 14 heavy (non-hydrogen) atoms. The number of carboxylic acid groups (broad SMARTS) is 1. The predicted octanol–water partition coefficient (Wildman–Crippen LogP) is -1.05. The number of hydrogen-bond donors (Lipinski definition) is 3. The van der Waals surface area contributed by atoms with Gasteiger partial charge >= 0.3 is 10.0 Å². The van der Waals surface area contributed by atoms with Gasteiger partial charge in [0.15, 0.2) is 0 Å².